The van der Waals surface area contributed by atoms with Gasteiger partial charge in [-0.2, -0.15) is 0 Å². The number of amides is 1. The number of halogens is 3. The summed E-state index contributed by atoms with van der Waals surface area (Å²) < 4.78 is 35.3. The number of nitrogens with zero attached hydrogens (tertiary/aromatic N) is 1. The predicted molar refractivity (Wildman–Crippen MR) is 126 cm³/mol. The molecule has 0 radical (unpaired) electrons. The highest BCUT2D eigenvalue weighted by atomic mass is 35.5. The molecule has 3 atom stereocenters. The minimum absolute atomic E-state index is 0.0547. The van der Waals surface area contributed by atoms with Gasteiger partial charge in [0.2, 0.25) is 0 Å². The van der Waals surface area contributed by atoms with E-state index in [0.717, 1.165) is 6.07 Å². The Balaban J connectivity index is 2.05. The number of aromatic nitrogens is 1. The Hall–Kier alpha value is -2.38. The van der Waals surface area contributed by atoms with Gasteiger partial charge in [-0.25, -0.2) is 13.8 Å². The number of benzene rings is 1. The van der Waals surface area contributed by atoms with E-state index in [9.17, 15) is 9.18 Å². The van der Waals surface area contributed by atoms with Crippen molar-refractivity contribution in [1.29, 1.82) is 5.41 Å². The molecular weight excluding hydrogens is 448 g/mol. The Bertz CT molecular complexity index is 1070. The fourth-order valence-electron chi connectivity index (χ4n) is 4.75. The van der Waals surface area contributed by atoms with E-state index in [1.807, 2.05) is 34.6 Å². The first-order valence-electron chi connectivity index (χ1n) is 11.0. The number of pyridine rings is 1. The molecule has 1 amide bonds. The van der Waals surface area contributed by atoms with E-state index in [0.29, 0.717) is 30.0 Å². The summed E-state index contributed by atoms with van der Waals surface area (Å²) in [5.41, 5.74) is -0.343. The number of hydrogen-bond donors (Lipinski definition) is 2. The van der Waals surface area contributed by atoms with Gasteiger partial charge >= 0.3 is 0 Å². The van der Waals surface area contributed by atoms with Crippen LogP contribution in [0, 0.1) is 34.3 Å². The summed E-state index contributed by atoms with van der Waals surface area (Å²) >= 11 is 5.72. The van der Waals surface area contributed by atoms with E-state index in [2.05, 4.69) is 10.3 Å². The van der Waals surface area contributed by atoms with Crippen LogP contribution in [0.2, 0.25) is 5.02 Å². The topological polar surface area (TPSA) is 75.1 Å². The quantitative estimate of drug-likeness (QED) is 0.482. The molecule has 5 nitrogen and oxygen atoms in total. The van der Waals surface area contributed by atoms with Gasteiger partial charge in [-0.05, 0) is 47.6 Å². The molecule has 0 bridgehead atoms. The SMILES string of the molecule is CCC(C(=N)C(C)(C)C)C1(c2cc(NC(=O)c3ncc(Cl)cc3F)ccc2F)COCC1C. The lowest BCUT2D eigenvalue weighted by atomic mass is 9.59. The zero-order valence-corrected chi connectivity index (χ0v) is 20.3. The first kappa shape index (κ1) is 25.2. The zero-order chi connectivity index (χ0) is 24.6. The largest absolute Gasteiger partial charge is 0.380 e. The van der Waals surface area contributed by atoms with Crippen LogP contribution in [0.25, 0.3) is 0 Å². The Labute approximate surface area is 198 Å². The van der Waals surface area contributed by atoms with E-state index in [-0.39, 0.29) is 23.5 Å². The molecule has 1 aromatic carbocycles. The van der Waals surface area contributed by atoms with Gasteiger partial charge in [0.05, 0.1) is 18.2 Å². The molecular formula is C25H30ClF2N3O2. The van der Waals surface area contributed by atoms with Crippen LogP contribution in [0.4, 0.5) is 14.5 Å². The monoisotopic (exact) mass is 477 g/mol. The van der Waals surface area contributed by atoms with Crippen LogP contribution in [-0.2, 0) is 10.2 Å². The van der Waals surface area contributed by atoms with Gasteiger partial charge in [0.15, 0.2) is 11.5 Å². The van der Waals surface area contributed by atoms with Crippen LogP contribution in [0.3, 0.4) is 0 Å². The molecule has 178 valence electrons. The smallest absolute Gasteiger partial charge is 0.277 e. The van der Waals surface area contributed by atoms with Crippen molar-refractivity contribution in [2.45, 2.75) is 46.5 Å². The molecule has 0 aliphatic carbocycles. The van der Waals surface area contributed by atoms with E-state index < -0.39 is 34.1 Å². The molecule has 1 aliphatic rings. The van der Waals surface area contributed by atoms with Gasteiger partial charge in [-0.15, -0.1) is 0 Å². The number of anilines is 1. The lowest BCUT2D eigenvalue weighted by Gasteiger charge is -2.43. The van der Waals surface area contributed by atoms with Crippen LogP contribution < -0.4 is 5.32 Å². The summed E-state index contributed by atoms with van der Waals surface area (Å²) in [7, 11) is 0. The van der Waals surface area contributed by atoms with Gasteiger partial charge in [0.25, 0.3) is 5.91 Å². The van der Waals surface area contributed by atoms with Crippen molar-refractivity contribution in [3.63, 3.8) is 0 Å². The average Bonchev–Trinajstić information content (AvgIpc) is 3.11. The third-order valence-electron chi connectivity index (χ3n) is 6.52. The van der Waals surface area contributed by atoms with Crippen molar-refractivity contribution in [1.82, 2.24) is 4.98 Å². The number of hydrogen-bond acceptors (Lipinski definition) is 4. The van der Waals surface area contributed by atoms with E-state index >= 15 is 4.39 Å². The molecule has 2 aromatic rings. The minimum Gasteiger partial charge on any atom is -0.380 e. The van der Waals surface area contributed by atoms with E-state index in [1.54, 1.807) is 6.07 Å². The van der Waals surface area contributed by atoms with Crippen molar-refractivity contribution in [2.75, 3.05) is 18.5 Å². The van der Waals surface area contributed by atoms with Crippen LogP contribution in [0.5, 0.6) is 0 Å². The standard InChI is InChI=1S/C25H30ClF2N3O2/c1-6-17(22(29)24(3,4)5)25(13-33-12-14(25)2)18-10-16(7-8-19(18)27)31-23(32)21-20(28)9-15(26)11-30-21/h7-11,14,17,29H,6,12-13H2,1-5H3,(H,31,32). The van der Waals surface area contributed by atoms with Crippen molar-refractivity contribution in [3.8, 4) is 0 Å². The molecule has 8 heteroatoms. The molecule has 2 N–H and O–H groups in total. The third kappa shape index (κ3) is 4.80. The lowest BCUT2D eigenvalue weighted by molar-refractivity contribution is 0.101. The average molecular weight is 478 g/mol. The number of carbonyl (C=O) groups excluding carboxylic acids is 1. The maximum Gasteiger partial charge on any atom is 0.277 e. The third-order valence-corrected chi connectivity index (χ3v) is 6.73. The minimum atomic E-state index is -0.846. The molecule has 2 heterocycles. The molecule has 1 aliphatic heterocycles. The molecule has 1 aromatic heterocycles. The molecule has 1 saturated heterocycles. The molecule has 0 saturated carbocycles. The van der Waals surface area contributed by atoms with Crippen molar-refractivity contribution < 1.29 is 18.3 Å². The van der Waals surface area contributed by atoms with Crippen molar-refractivity contribution in [3.05, 3.63) is 58.4 Å². The Morgan fingerprint density at radius 1 is 1.33 bits per heavy atom. The molecule has 3 rings (SSSR count). The fraction of sp³-hybridized carbons (Fsp3) is 0.480. The molecule has 3 unspecified atom stereocenters. The fourth-order valence-corrected chi connectivity index (χ4v) is 4.90. The van der Waals surface area contributed by atoms with E-state index in [4.69, 9.17) is 21.7 Å². The highest BCUT2D eigenvalue weighted by molar-refractivity contribution is 6.30. The summed E-state index contributed by atoms with van der Waals surface area (Å²) in [6.45, 7) is 10.7. The highest BCUT2D eigenvalue weighted by Gasteiger charge is 2.52. The lowest BCUT2D eigenvalue weighted by Crippen LogP contribution is -2.48. The molecule has 0 spiro atoms. The summed E-state index contributed by atoms with van der Waals surface area (Å²) in [4.78, 5) is 16.4. The normalized spacial score (nSPS) is 21.6. The van der Waals surface area contributed by atoms with Gasteiger partial charge in [0, 0.05) is 28.9 Å². The van der Waals surface area contributed by atoms with Crippen molar-refractivity contribution >= 4 is 28.9 Å². The van der Waals surface area contributed by atoms with Crippen LogP contribution in [0.1, 0.15) is 57.1 Å². The van der Waals surface area contributed by atoms with Crippen LogP contribution in [0.15, 0.2) is 30.5 Å². The van der Waals surface area contributed by atoms with Crippen LogP contribution >= 0.6 is 11.6 Å². The number of rotatable bonds is 6. The van der Waals surface area contributed by atoms with Gasteiger partial charge in [0.1, 0.15) is 5.82 Å². The second kappa shape index (κ2) is 9.47. The maximum atomic E-state index is 15.3. The number of nitrogens with one attached hydrogen (secondary N) is 2. The zero-order valence-electron chi connectivity index (χ0n) is 19.6. The van der Waals surface area contributed by atoms with Gasteiger partial charge in [-0.1, -0.05) is 46.2 Å². The maximum absolute atomic E-state index is 15.3. The number of carbonyl (C=O) groups is 1. The first-order chi connectivity index (χ1) is 15.4. The second-order valence-electron chi connectivity index (χ2n) is 9.71. The van der Waals surface area contributed by atoms with Gasteiger partial charge in [-0.3, -0.25) is 4.79 Å². The second-order valence-corrected chi connectivity index (χ2v) is 10.2. The van der Waals surface area contributed by atoms with Gasteiger partial charge < -0.3 is 15.5 Å². The summed E-state index contributed by atoms with van der Waals surface area (Å²) in [6, 6.07) is 5.30. The van der Waals surface area contributed by atoms with Crippen LogP contribution in [-0.4, -0.2) is 29.8 Å². The number of ether oxygens (including phenoxy) is 1. The summed E-state index contributed by atoms with van der Waals surface area (Å²) in [6.07, 6.45) is 1.83. The van der Waals surface area contributed by atoms with E-state index in [1.165, 1.54) is 18.3 Å². The summed E-state index contributed by atoms with van der Waals surface area (Å²) in [5, 5.41) is 11.6. The Kier molecular flexibility index (Phi) is 7.24. The first-order valence-corrected chi connectivity index (χ1v) is 11.4. The predicted octanol–water partition coefficient (Wildman–Crippen LogP) is 6.26. The highest BCUT2D eigenvalue weighted by Crippen LogP contribution is 2.49. The molecule has 1 fully saturated rings. The summed E-state index contributed by atoms with van der Waals surface area (Å²) in [5.74, 6) is -2.35. The Morgan fingerprint density at radius 2 is 2.03 bits per heavy atom. The Morgan fingerprint density at radius 3 is 2.58 bits per heavy atom. The van der Waals surface area contributed by atoms with Crippen molar-refractivity contribution in [2.24, 2.45) is 17.3 Å². The molecule has 33 heavy (non-hydrogen) atoms.